The van der Waals surface area contributed by atoms with Crippen molar-refractivity contribution in [2.24, 2.45) is 0 Å². The van der Waals surface area contributed by atoms with Crippen LogP contribution in [0.1, 0.15) is 6.92 Å². The predicted octanol–water partition coefficient (Wildman–Crippen LogP) is 0.759. The zero-order chi connectivity index (χ0) is 10.7. The fraction of sp³-hybridized carbons (Fsp3) is 0.375. The van der Waals surface area contributed by atoms with Crippen LogP contribution < -0.4 is 0 Å². The predicted molar refractivity (Wildman–Crippen MR) is 50.5 cm³/mol. The van der Waals surface area contributed by atoms with Gasteiger partial charge in [-0.05, 0) is 18.7 Å². The molecule has 1 heterocycles. The zero-order valence-electron chi connectivity index (χ0n) is 7.61. The number of carbonyl (C=O) groups is 3. The Labute approximate surface area is 85.1 Å². The van der Waals surface area contributed by atoms with E-state index in [2.05, 4.69) is 11.3 Å². The van der Waals surface area contributed by atoms with Crippen molar-refractivity contribution < 1.29 is 19.1 Å². The molecule has 0 radical (unpaired) electrons. The van der Waals surface area contributed by atoms with Gasteiger partial charge in [0.05, 0.1) is 11.5 Å². The van der Waals surface area contributed by atoms with Gasteiger partial charge < -0.3 is 4.74 Å². The molecule has 1 saturated heterocycles. The third kappa shape index (κ3) is 2.14. The standard InChI is InChI=1S/C8H9NO4S/c1-3-13-6(10)4-9-7(11)5(2)14-8(9)12/h2-4H2,1H3. The third-order valence-corrected chi connectivity index (χ3v) is 2.32. The van der Waals surface area contributed by atoms with Crippen LogP contribution in [0, 0.1) is 0 Å². The highest BCUT2D eigenvalue weighted by molar-refractivity contribution is 8.18. The number of imide groups is 1. The van der Waals surface area contributed by atoms with Crippen LogP contribution in [0.2, 0.25) is 0 Å². The summed E-state index contributed by atoms with van der Waals surface area (Å²) < 4.78 is 4.61. The van der Waals surface area contributed by atoms with Gasteiger partial charge in [0, 0.05) is 0 Å². The van der Waals surface area contributed by atoms with Gasteiger partial charge in [-0.1, -0.05) is 6.58 Å². The third-order valence-electron chi connectivity index (χ3n) is 1.51. The van der Waals surface area contributed by atoms with Gasteiger partial charge in [-0.3, -0.25) is 19.3 Å². The van der Waals surface area contributed by atoms with E-state index in [0.29, 0.717) is 0 Å². The Bertz CT molecular complexity index is 312. The first-order valence-corrected chi connectivity index (χ1v) is 4.76. The molecule has 1 aliphatic heterocycles. The molecule has 6 heteroatoms. The van der Waals surface area contributed by atoms with Gasteiger partial charge in [0.1, 0.15) is 6.54 Å². The number of rotatable bonds is 3. The van der Waals surface area contributed by atoms with E-state index in [4.69, 9.17) is 0 Å². The Balaban J connectivity index is 2.60. The molecular formula is C8H9NO4S. The van der Waals surface area contributed by atoms with Crippen LogP contribution >= 0.6 is 11.8 Å². The van der Waals surface area contributed by atoms with E-state index in [9.17, 15) is 14.4 Å². The van der Waals surface area contributed by atoms with Crippen LogP contribution in [0.5, 0.6) is 0 Å². The number of hydrogen-bond acceptors (Lipinski definition) is 5. The van der Waals surface area contributed by atoms with Crippen LogP contribution in [-0.2, 0) is 14.3 Å². The maximum absolute atomic E-state index is 11.2. The molecule has 1 rings (SSSR count). The number of amides is 2. The molecule has 0 atom stereocenters. The van der Waals surface area contributed by atoms with Crippen LogP contribution in [-0.4, -0.2) is 35.2 Å². The Kier molecular flexibility index (Phi) is 3.29. The summed E-state index contributed by atoms with van der Waals surface area (Å²) in [5.74, 6) is -1.11. The first-order chi connectivity index (χ1) is 6.56. The topological polar surface area (TPSA) is 63.7 Å². The van der Waals surface area contributed by atoms with Crippen molar-refractivity contribution in [3.05, 3.63) is 11.5 Å². The van der Waals surface area contributed by atoms with E-state index >= 15 is 0 Å². The number of thioether (sulfide) groups is 1. The number of hydrogen-bond donors (Lipinski definition) is 0. The van der Waals surface area contributed by atoms with Crippen LogP contribution in [0.15, 0.2) is 11.5 Å². The highest BCUT2D eigenvalue weighted by Crippen LogP contribution is 2.28. The molecule has 2 amide bonds. The van der Waals surface area contributed by atoms with Crippen LogP contribution in [0.4, 0.5) is 4.79 Å². The Hall–Kier alpha value is -1.30. The lowest BCUT2D eigenvalue weighted by molar-refractivity contribution is -0.145. The summed E-state index contributed by atoms with van der Waals surface area (Å²) in [7, 11) is 0. The quantitative estimate of drug-likeness (QED) is 0.513. The first-order valence-electron chi connectivity index (χ1n) is 3.94. The molecule has 0 bridgehead atoms. The van der Waals surface area contributed by atoms with Crippen molar-refractivity contribution >= 4 is 28.9 Å². The van der Waals surface area contributed by atoms with Crippen molar-refractivity contribution in [1.82, 2.24) is 4.90 Å². The van der Waals surface area contributed by atoms with Crippen molar-refractivity contribution in [2.45, 2.75) is 6.92 Å². The molecule has 1 fully saturated rings. The van der Waals surface area contributed by atoms with Gasteiger partial charge in [0.15, 0.2) is 0 Å². The number of ether oxygens (including phenoxy) is 1. The molecule has 0 aliphatic carbocycles. The Morgan fingerprint density at radius 2 is 2.21 bits per heavy atom. The highest BCUT2D eigenvalue weighted by Gasteiger charge is 2.35. The smallest absolute Gasteiger partial charge is 0.326 e. The lowest BCUT2D eigenvalue weighted by atomic mass is 10.5. The zero-order valence-corrected chi connectivity index (χ0v) is 8.43. The lowest BCUT2D eigenvalue weighted by Gasteiger charge is -2.10. The Morgan fingerprint density at radius 3 is 2.64 bits per heavy atom. The lowest BCUT2D eigenvalue weighted by Crippen LogP contribution is -2.34. The first kappa shape index (κ1) is 10.8. The summed E-state index contributed by atoms with van der Waals surface area (Å²) in [5, 5.41) is -0.479. The largest absolute Gasteiger partial charge is 0.465 e. The molecule has 0 spiro atoms. The van der Waals surface area contributed by atoms with Gasteiger partial charge in [0.25, 0.3) is 11.1 Å². The molecule has 0 saturated carbocycles. The summed E-state index contributed by atoms with van der Waals surface area (Å²) in [6.07, 6.45) is 0. The molecular weight excluding hydrogens is 206 g/mol. The molecule has 5 nitrogen and oxygen atoms in total. The molecule has 0 N–H and O–H groups in total. The summed E-state index contributed by atoms with van der Waals surface area (Å²) in [6.45, 7) is 4.93. The normalized spacial score (nSPS) is 16.4. The van der Waals surface area contributed by atoms with Gasteiger partial charge in [0.2, 0.25) is 0 Å². The molecule has 0 unspecified atom stereocenters. The summed E-state index contributed by atoms with van der Waals surface area (Å²) in [6, 6.07) is 0. The van der Waals surface area contributed by atoms with Crippen molar-refractivity contribution in [2.75, 3.05) is 13.2 Å². The summed E-state index contributed by atoms with van der Waals surface area (Å²) in [4.78, 5) is 34.3. The van der Waals surface area contributed by atoms with Gasteiger partial charge in [-0.25, -0.2) is 0 Å². The van der Waals surface area contributed by atoms with Gasteiger partial charge >= 0.3 is 5.97 Å². The average Bonchev–Trinajstić information content (AvgIpc) is 2.33. The molecule has 1 aliphatic rings. The highest BCUT2D eigenvalue weighted by atomic mass is 32.2. The van der Waals surface area contributed by atoms with E-state index in [1.54, 1.807) is 6.92 Å². The molecule has 76 valence electrons. The van der Waals surface area contributed by atoms with Crippen LogP contribution in [0.3, 0.4) is 0 Å². The second-order valence-electron chi connectivity index (χ2n) is 2.49. The second-order valence-corrected chi connectivity index (χ2v) is 3.53. The number of esters is 1. The van der Waals surface area contributed by atoms with Gasteiger partial charge in [-0.2, -0.15) is 0 Å². The van der Waals surface area contributed by atoms with Crippen molar-refractivity contribution in [1.29, 1.82) is 0 Å². The molecule has 0 aromatic rings. The molecule has 0 aromatic carbocycles. The van der Waals surface area contributed by atoms with Crippen LogP contribution in [0.25, 0.3) is 0 Å². The minimum Gasteiger partial charge on any atom is -0.465 e. The molecule has 14 heavy (non-hydrogen) atoms. The fourth-order valence-electron chi connectivity index (χ4n) is 0.910. The maximum atomic E-state index is 11.2. The summed E-state index contributed by atoms with van der Waals surface area (Å²) >= 11 is 0.732. The monoisotopic (exact) mass is 215 g/mol. The van der Waals surface area contributed by atoms with Crippen molar-refractivity contribution in [3.8, 4) is 0 Å². The second kappa shape index (κ2) is 4.28. The van der Waals surface area contributed by atoms with E-state index in [1.165, 1.54) is 0 Å². The average molecular weight is 215 g/mol. The molecule has 0 aromatic heterocycles. The minimum atomic E-state index is -0.593. The SMILES string of the molecule is C=C1SC(=O)N(CC(=O)OCC)C1=O. The summed E-state index contributed by atoms with van der Waals surface area (Å²) in [5.41, 5.74) is 0. The fourth-order valence-corrected chi connectivity index (χ4v) is 1.58. The van der Waals surface area contributed by atoms with Crippen molar-refractivity contribution in [3.63, 3.8) is 0 Å². The van der Waals surface area contributed by atoms with E-state index in [1.807, 2.05) is 0 Å². The number of nitrogens with zero attached hydrogens (tertiary/aromatic N) is 1. The maximum Gasteiger partial charge on any atom is 0.326 e. The van der Waals surface area contributed by atoms with E-state index < -0.39 is 17.1 Å². The van der Waals surface area contributed by atoms with E-state index in [0.717, 1.165) is 16.7 Å². The van der Waals surface area contributed by atoms with Gasteiger partial charge in [-0.15, -0.1) is 0 Å². The van der Waals surface area contributed by atoms with E-state index in [-0.39, 0.29) is 18.1 Å². The number of carbonyl (C=O) groups excluding carboxylic acids is 3. The Morgan fingerprint density at radius 1 is 1.57 bits per heavy atom. The minimum absolute atomic E-state index is 0.138.